The van der Waals surface area contributed by atoms with Crippen molar-refractivity contribution >= 4 is 0 Å². The zero-order chi connectivity index (χ0) is 13.0. The lowest BCUT2D eigenvalue weighted by Crippen LogP contribution is -2.10. The highest BCUT2D eigenvalue weighted by atomic mass is 19.1. The Bertz CT molecular complexity index is 468. The number of nitrogens with zero attached hydrogens (tertiary/aromatic N) is 2. The van der Waals surface area contributed by atoms with E-state index in [2.05, 4.69) is 0 Å². The van der Waals surface area contributed by atoms with E-state index in [-0.39, 0.29) is 17.4 Å². The van der Waals surface area contributed by atoms with Crippen LogP contribution < -0.4 is 4.74 Å². The van der Waals surface area contributed by atoms with E-state index in [1.807, 2.05) is 0 Å². The third kappa shape index (κ3) is 3.14. The summed E-state index contributed by atoms with van der Waals surface area (Å²) in [5.74, 6) is -0.693. The molecule has 0 bridgehead atoms. The quantitative estimate of drug-likeness (QED) is 0.596. The van der Waals surface area contributed by atoms with Gasteiger partial charge in [-0.15, -0.1) is 0 Å². The van der Waals surface area contributed by atoms with Crippen molar-refractivity contribution in [2.45, 2.75) is 26.0 Å². The van der Waals surface area contributed by atoms with Gasteiger partial charge in [0.15, 0.2) is 11.6 Å². The molecule has 0 saturated carbocycles. The molecule has 0 heterocycles. The molecule has 1 aromatic rings. The Morgan fingerprint density at radius 1 is 1.53 bits per heavy atom. The molecule has 1 unspecified atom stereocenters. The summed E-state index contributed by atoms with van der Waals surface area (Å²) in [6.45, 7) is 3.42. The van der Waals surface area contributed by atoms with Gasteiger partial charge in [0, 0.05) is 10.5 Å². The molecule has 0 amide bonds. The Hall–Kier alpha value is -2.16. The highest BCUT2D eigenvalue weighted by molar-refractivity contribution is 5.33. The van der Waals surface area contributed by atoms with Crippen LogP contribution in [0.5, 0.6) is 5.75 Å². The first-order valence-electron chi connectivity index (χ1n) is 4.95. The summed E-state index contributed by atoms with van der Waals surface area (Å²) in [4.78, 5) is 9.87. The number of ether oxygens (including phenoxy) is 1. The molecule has 0 aliphatic carbocycles. The second-order valence-electron chi connectivity index (χ2n) is 3.67. The van der Waals surface area contributed by atoms with Gasteiger partial charge in [-0.1, -0.05) is 0 Å². The third-order valence-electron chi connectivity index (χ3n) is 1.97. The lowest BCUT2D eigenvalue weighted by atomic mass is 10.1. The lowest BCUT2D eigenvalue weighted by molar-refractivity contribution is -0.512. The molecule has 0 radical (unpaired) electrons. The summed E-state index contributed by atoms with van der Waals surface area (Å²) in [7, 11) is 0. The molecule has 1 aromatic carbocycles. The zero-order valence-electron chi connectivity index (χ0n) is 9.38. The van der Waals surface area contributed by atoms with Gasteiger partial charge < -0.3 is 4.74 Å². The monoisotopic (exact) mass is 238 g/mol. The molecule has 0 aliphatic heterocycles. The lowest BCUT2D eigenvalue weighted by Gasteiger charge is -2.11. The molecule has 0 aromatic heterocycles. The smallest absolute Gasteiger partial charge is 0.321 e. The molecule has 0 saturated heterocycles. The van der Waals surface area contributed by atoms with Crippen LogP contribution in [0.15, 0.2) is 18.2 Å². The van der Waals surface area contributed by atoms with Crippen LogP contribution in [0.3, 0.4) is 0 Å². The predicted octanol–water partition coefficient (Wildman–Crippen LogP) is 2.45. The van der Waals surface area contributed by atoms with Crippen LogP contribution >= 0.6 is 0 Å². The average Bonchev–Trinajstić information content (AvgIpc) is 2.22. The minimum absolute atomic E-state index is 0.0837. The van der Waals surface area contributed by atoms with Gasteiger partial charge in [-0.2, -0.15) is 5.26 Å². The summed E-state index contributed by atoms with van der Waals surface area (Å²) in [5.41, 5.74) is 0.106. The van der Waals surface area contributed by atoms with Crippen molar-refractivity contribution in [1.82, 2.24) is 0 Å². The minimum atomic E-state index is -1.51. The van der Waals surface area contributed by atoms with Crippen molar-refractivity contribution in [3.8, 4) is 11.8 Å². The van der Waals surface area contributed by atoms with Crippen LogP contribution in [0, 0.1) is 27.3 Å². The molecule has 5 nitrogen and oxygen atoms in total. The van der Waals surface area contributed by atoms with E-state index in [0.717, 1.165) is 6.07 Å². The van der Waals surface area contributed by atoms with Gasteiger partial charge in [-0.05, 0) is 32.0 Å². The van der Waals surface area contributed by atoms with Crippen LogP contribution in [0.4, 0.5) is 4.39 Å². The standard InChI is InChI=1S/C11H11FN2O3/c1-7(2)17-11-5-8(3-4-9(11)12)10(6-13)14(15)16/h3-5,7,10H,1-2H3. The van der Waals surface area contributed by atoms with E-state index in [0.29, 0.717) is 0 Å². The maximum Gasteiger partial charge on any atom is 0.321 e. The normalized spacial score (nSPS) is 11.9. The molecular formula is C11H11FN2O3. The summed E-state index contributed by atoms with van der Waals surface area (Å²) < 4.78 is 18.5. The first-order chi connectivity index (χ1) is 7.95. The molecule has 90 valence electrons. The number of nitro groups is 1. The fraction of sp³-hybridized carbons (Fsp3) is 0.364. The summed E-state index contributed by atoms with van der Waals surface area (Å²) in [6.07, 6.45) is -0.254. The molecule has 0 N–H and O–H groups in total. The zero-order valence-corrected chi connectivity index (χ0v) is 9.38. The van der Waals surface area contributed by atoms with Crippen molar-refractivity contribution in [2.75, 3.05) is 0 Å². The summed E-state index contributed by atoms with van der Waals surface area (Å²) in [6, 6.07) is 3.48. The number of halogens is 1. The largest absolute Gasteiger partial charge is 0.488 e. The van der Waals surface area contributed by atoms with E-state index >= 15 is 0 Å². The van der Waals surface area contributed by atoms with Crippen LogP contribution in [0.25, 0.3) is 0 Å². The Balaban J connectivity index is 3.12. The number of benzene rings is 1. The summed E-state index contributed by atoms with van der Waals surface area (Å²) >= 11 is 0. The number of rotatable bonds is 4. The van der Waals surface area contributed by atoms with E-state index in [4.69, 9.17) is 10.00 Å². The van der Waals surface area contributed by atoms with E-state index in [1.165, 1.54) is 12.1 Å². The highest BCUT2D eigenvalue weighted by Gasteiger charge is 2.23. The SMILES string of the molecule is CC(C)Oc1cc(C(C#N)[N+](=O)[O-])ccc1F. The van der Waals surface area contributed by atoms with Gasteiger partial charge >= 0.3 is 6.04 Å². The minimum Gasteiger partial charge on any atom is -0.488 e. The highest BCUT2D eigenvalue weighted by Crippen LogP contribution is 2.25. The average molecular weight is 238 g/mol. The van der Waals surface area contributed by atoms with Gasteiger partial charge in [0.05, 0.1) is 6.10 Å². The maximum atomic E-state index is 13.3. The maximum absolute atomic E-state index is 13.3. The Morgan fingerprint density at radius 2 is 2.18 bits per heavy atom. The second-order valence-corrected chi connectivity index (χ2v) is 3.67. The van der Waals surface area contributed by atoms with Crippen LogP contribution in [-0.2, 0) is 0 Å². The number of nitriles is 1. The fourth-order valence-corrected chi connectivity index (χ4v) is 1.28. The van der Waals surface area contributed by atoms with Gasteiger partial charge in [-0.3, -0.25) is 10.1 Å². The first kappa shape index (κ1) is 12.9. The molecular weight excluding hydrogens is 227 g/mol. The molecule has 0 spiro atoms. The molecule has 0 aliphatic rings. The van der Waals surface area contributed by atoms with E-state index in [1.54, 1.807) is 19.9 Å². The van der Waals surface area contributed by atoms with E-state index in [9.17, 15) is 14.5 Å². The molecule has 17 heavy (non-hydrogen) atoms. The van der Waals surface area contributed by atoms with Crippen molar-refractivity contribution in [1.29, 1.82) is 5.26 Å². The summed E-state index contributed by atoms with van der Waals surface area (Å²) in [5, 5.41) is 19.3. The van der Waals surface area contributed by atoms with Gasteiger partial charge in [0.1, 0.15) is 6.07 Å². The van der Waals surface area contributed by atoms with Gasteiger partial charge in [0.25, 0.3) is 0 Å². The van der Waals surface area contributed by atoms with Crippen molar-refractivity contribution in [3.05, 3.63) is 39.7 Å². The van der Waals surface area contributed by atoms with Crippen molar-refractivity contribution in [2.24, 2.45) is 0 Å². The first-order valence-corrected chi connectivity index (χ1v) is 4.95. The van der Waals surface area contributed by atoms with Crippen molar-refractivity contribution in [3.63, 3.8) is 0 Å². The third-order valence-corrected chi connectivity index (χ3v) is 1.97. The molecule has 1 atom stereocenters. The fourth-order valence-electron chi connectivity index (χ4n) is 1.28. The van der Waals surface area contributed by atoms with Crippen molar-refractivity contribution < 1.29 is 14.1 Å². The van der Waals surface area contributed by atoms with Crippen LogP contribution in [0.1, 0.15) is 25.5 Å². The Kier molecular flexibility index (Phi) is 3.99. The Morgan fingerprint density at radius 3 is 2.65 bits per heavy atom. The second kappa shape index (κ2) is 5.25. The predicted molar refractivity (Wildman–Crippen MR) is 57.5 cm³/mol. The van der Waals surface area contributed by atoms with Crippen LogP contribution in [-0.4, -0.2) is 11.0 Å². The Labute approximate surface area is 97.6 Å². The number of hydrogen-bond acceptors (Lipinski definition) is 4. The topological polar surface area (TPSA) is 76.2 Å². The molecule has 6 heteroatoms. The van der Waals surface area contributed by atoms with Gasteiger partial charge in [-0.25, -0.2) is 4.39 Å². The molecule has 0 fully saturated rings. The van der Waals surface area contributed by atoms with E-state index < -0.39 is 16.8 Å². The molecule has 1 rings (SSSR count). The number of hydrogen-bond donors (Lipinski definition) is 0. The van der Waals surface area contributed by atoms with Crippen LogP contribution in [0.2, 0.25) is 0 Å². The van der Waals surface area contributed by atoms with Gasteiger partial charge in [0.2, 0.25) is 0 Å².